The molecule has 5 aromatic carbocycles. The van der Waals surface area contributed by atoms with Crippen molar-refractivity contribution in [3.05, 3.63) is 157 Å². The fourth-order valence-electron chi connectivity index (χ4n) is 5.54. The fraction of sp³-hybridized carbons (Fsp3) is 0. The Bertz CT molecular complexity index is 1760. The summed E-state index contributed by atoms with van der Waals surface area (Å²) >= 11 is 0. The molecule has 9 heteroatoms. The van der Waals surface area contributed by atoms with Gasteiger partial charge in [0.2, 0.25) is 0 Å². The van der Waals surface area contributed by atoms with Gasteiger partial charge in [0, 0.05) is 30.0 Å². The van der Waals surface area contributed by atoms with Gasteiger partial charge in [0.15, 0.2) is 8.07 Å². The lowest BCUT2D eigenvalue weighted by Gasteiger charge is -2.34. The summed E-state index contributed by atoms with van der Waals surface area (Å²) in [5, 5.41) is 0.429. The first kappa shape index (κ1) is 28.1. The number of halogens is 6. The van der Waals surface area contributed by atoms with Gasteiger partial charge in [-0.2, -0.15) is 0 Å². The zero-order chi connectivity index (χ0) is 30.1. The molecule has 0 unspecified atom stereocenters. The predicted molar refractivity (Wildman–Crippen MR) is 156 cm³/mol. The monoisotopic (exact) mass is 598 g/mol. The van der Waals surface area contributed by atoms with Gasteiger partial charge in [0.25, 0.3) is 0 Å². The number of nitrogens with zero attached hydrogens (tertiary/aromatic N) is 2. The van der Waals surface area contributed by atoms with Gasteiger partial charge in [-0.1, -0.05) is 42.5 Å². The van der Waals surface area contributed by atoms with E-state index >= 15 is 0 Å². The average Bonchev–Trinajstić information content (AvgIpc) is 2.97. The molecule has 0 aliphatic heterocycles. The number of benzene rings is 5. The fourth-order valence-corrected chi connectivity index (χ4v) is 10.3. The molecule has 6 rings (SSSR count). The van der Waals surface area contributed by atoms with E-state index in [1.807, 2.05) is 24.3 Å². The maximum Gasteiger partial charge on any atom is 0.180 e. The zero-order valence-corrected chi connectivity index (χ0v) is 23.2. The van der Waals surface area contributed by atoms with E-state index in [0.717, 1.165) is 53.1 Å². The maximum absolute atomic E-state index is 14.8. The first-order chi connectivity index (χ1) is 20.7. The second-order valence-electron chi connectivity index (χ2n) is 9.98. The summed E-state index contributed by atoms with van der Waals surface area (Å²) in [7, 11) is -4.13. The van der Waals surface area contributed by atoms with Crippen molar-refractivity contribution in [3.63, 3.8) is 0 Å². The van der Waals surface area contributed by atoms with Crippen molar-refractivity contribution < 1.29 is 26.3 Å². The number of aromatic nitrogens is 2. The highest BCUT2D eigenvalue weighted by atomic mass is 28.3. The zero-order valence-electron chi connectivity index (χ0n) is 22.2. The Morgan fingerprint density at radius 2 is 0.884 bits per heavy atom. The van der Waals surface area contributed by atoms with Crippen LogP contribution in [-0.2, 0) is 0 Å². The first-order valence-corrected chi connectivity index (χ1v) is 15.1. The van der Waals surface area contributed by atoms with Crippen molar-refractivity contribution >= 4 is 28.8 Å². The Labute approximate surface area is 244 Å². The van der Waals surface area contributed by atoms with Gasteiger partial charge >= 0.3 is 0 Å². The minimum absolute atomic E-state index is 0.0125. The van der Waals surface area contributed by atoms with E-state index in [2.05, 4.69) is 9.97 Å². The second-order valence-corrected chi connectivity index (χ2v) is 13.8. The standard InChI is InChI=1S/C34H20F6N2Si/c35-24-11-25(36)15-31(14-24)43(32-16-26(37)12-27(38)17-32,33-18-28(39)13-29(40)19-33)30-6-4-21(5-7-30)22-2-1-3-23(10-22)34-8-9-41-20-42-34/h1-20H. The molecule has 212 valence electrons. The number of hydrogen-bond donors (Lipinski definition) is 0. The molecule has 0 radical (unpaired) electrons. The van der Waals surface area contributed by atoms with Crippen LogP contribution in [0.15, 0.2) is 122 Å². The van der Waals surface area contributed by atoms with Gasteiger partial charge in [-0.05, 0) is 80.4 Å². The molecule has 1 aromatic heterocycles. The highest BCUT2D eigenvalue weighted by molar-refractivity contribution is 7.19. The van der Waals surface area contributed by atoms with Crippen LogP contribution in [0.25, 0.3) is 22.4 Å². The molecule has 0 saturated heterocycles. The second kappa shape index (κ2) is 11.3. The van der Waals surface area contributed by atoms with Crippen molar-refractivity contribution in [2.45, 2.75) is 0 Å². The highest BCUT2D eigenvalue weighted by Gasteiger charge is 2.43. The van der Waals surface area contributed by atoms with Crippen molar-refractivity contribution in [2.24, 2.45) is 0 Å². The molecule has 0 spiro atoms. The van der Waals surface area contributed by atoms with E-state index in [0.29, 0.717) is 29.1 Å². The van der Waals surface area contributed by atoms with E-state index in [4.69, 9.17) is 0 Å². The van der Waals surface area contributed by atoms with Gasteiger partial charge in [0.1, 0.15) is 41.2 Å². The van der Waals surface area contributed by atoms with Crippen molar-refractivity contribution in [1.82, 2.24) is 9.97 Å². The topological polar surface area (TPSA) is 25.8 Å². The molecule has 0 fully saturated rings. The smallest absolute Gasteiger partial charge is 0.180 e. The van der Waals surface area contributed by atoms with Crippen LogP contribution >= 0.6 is 0 Å². The summed E-state index contributed by atoms with van der Waals surface area (Å²) < 4.78 is 88.6. The molecule has 0 aliphatic rings. The number of rotatable bonds is 6. The highest BCUT2D eigenvalue weighted by Crippen LogP contribution is 2.25. The van der Waals surface area contributed by atoms with Gasteiger partial charge in [0.05, 0.1) is 5.69 Å². The Kier molecular flexibility index (Phi) is 7.41. The predicted octanol–water partition coefficient (Wildman–Crippen LogP) is 6.02. The summed E-state index contributed by atoms with van der Waals surface area (Å²) in [5.41, 5.74) is 3.13. The molecule has 0 amide bonds. The summed E-state index contributed by atoms with van der Waals surface area (Å²) in [6, 6.07) is 24.4. The van der Waals surface area contributed by atoms with Crippen LogP contribution in [0.5, 0.6) is 0 Å². The lowest BCUT2D eigenvalue weighted by Crippen LogP contribution is -2.75. The van der Waals surface area contributed by atoms with E-state index in [-0.39, 0.29) is 15.6 Å². The first-order valence-electron chi connectivity index (χ1n) is 13.1. The molecule has 6 aromatic rings. The van der Waals surface area contributed by atoms with Gasteiger partial charge in [-0.3, -0.25) is 0 Å². The van der Waals surface area contributed by atoms with Gasteiger partial charge in [-0.15, -0.1) is 0 Å². The van der Waals surface area contributed by atoms with Crippen LogP contribution in [0.4, 0.5) is 26.3 Å². The molecular formula is C34H20F6N2Si. The Hall–Kier alpha value is -5.02. The molecule has 0 N–H and O–H groups in total. The lowest BCUT2D eigenvalue weighted by molar-refractivity contribution is 0.585. The molecule has 0 aliphatic carbocycles. The third kappa shape index (κ3) is 5.47. The molecular weight excluding hydrogens is 578 g/mol. The number of hydrogen-bond acceptors (Lipinski definition) is 2. The molecule has 1 heterocycles. The molecule has 0 saturated carbocycles. The molecule has 0 atom stereocenters. The molecule has 2 nitrogen and oxygen atoms in total. The lowest BCUT2D eigenvalue weighted by atomic mass is 10.0. The quantitative estimate of drug-likeness (QED) is 0.133. The molecule has 43 heavy (non-hydrogen) atoms. The third-order valence-corrected chi connectivity index (χ3v) is 11.9. The Morgan fingerprint density at radius 3 is 1.33 bits per heavy atom. The van der Waals surface area contributed by atoms with Crippen molar-refractivity contribution in [3.8, 4) is 22.4 Å². The van der Waals surface area contributed by atoms with E-state index in [9.17, 15) is 26.3 Å². The minimum Gasteiger partial charge on any atom is -0.245 e. The van der Waals surface area contributed by atoms with Crippen LogP contribution in [0.3, 0.4) is 0 Å². The van der Waals surface area contributed by atoms with E-state index in [1.54, 1.807) is 36.5 Å². The summed E-state index contributed by atoms with van der Waals surface area (Å²) in [6.07, 6.45) is 3.08. The SMILES string of the molecule is Fc1cc(F)cc([Si](c2ccc(-c3cccc(-c4ccncn4)c3)cc2)(c2cc(F)cc(F)c2)c2cc(F)cc(F)c2)c1. The van der Waals surface area contributed by atoms with Crippen LogP contribution in [-0.4, -0.2) is 18.0 Å². The summed E-state index contributed by atoms with van der Waals surface area (Å²) in [5.74, 6) is -5.67. The Morgan fingerprint density at radius 1 is 0.419 bits per heavy atom. The van der Waals surface area contributed by atoms with Crippen LogP contribution in [0, 0.1) is 34.9 Å². The van der Waals surface area contributed by atoms with Crippen LogP contribution in [0.1, 0.15) is 0 Å². The minimum atomic E-state index is -4.13. The Balaban J connectivity index is 1.61. The van der Waals surface area contributed by atoms with Crippen LogP contribution < -0.4 is 20.7 Å². The van der Waals surface area contributed by atoms with Gasteiger partial charge < -0.3 is 0 Å². The van der Waals surface area contributed by atoms with E-state index < -0.39 is 43.0 Å². The summed E-state index contributed by atoms with van der Waals surface area (Å²) in [6.45, 7) is 0. The third-order valence-electron chi connectivity index (χ3n) is 7.28. The molecule has 0 bridgehead atoms. The van der Waals surface area contributed by atoms with E-state index in [1.165, 1.54) is 6.33 Å². The van der Waals surface area contributed by atoms with Gasteiger partial charge in [-0.25, -0.2) is 36.3 Å². The normalized spacial score (nSPS) is 11.5. The van der Waals surface area contributed by atoms with Crippen molar-refractivity contribution in [2.75, 3.05) is 0 Å². The van der Waals surface area contributed by atoms with Crippen molar-refractivity contribution in [1.29, 1.82) is 0 Å². The average molecular weight is 599 g/mol. The van der Waals surface area contributed by atoms with Crippen LogP contribution in [0.2, 0.25) is 0 Å². The summed E-state index contributed by atoms with van der Waals surface area (Å²) in [4.78, 5) is 8.23. The maximum atomic E-state index is 14.8. The largest absolute Gasteiger partial charge is 0.245 e.